The summed E-state index contributed by atoms with van der Waals surface area (Å²) in [5, 5.41) is 0. The second-order valence-corrected chi connectivity index (χ2v) is 7.09. The van der Waals surface area contributed by atoms with Crippen LogP contribution in [0, 0.1) is 5.82 Å². The van der Waals surface area contributed by atoms with Gasteiger partial charge in [0, 0.05) is 24.8 Å². The van der Waals surface area contributed by atoms with E-state index in [2.05, 4.69) is 0 Å². The van der Waals surface area contributed by atoms with Gasteiger partial charge in [-0.15, -0.1) is 0 Å². The number of methoxy groups -OCH3 is 1. The Labute approximate surface area is 180 Å². The van der Waals surface area contributed by atoms with Gasteiger partial charge in [-0.3, -0.25) is 19.3 Å². The zero-order chi connectivity index (χ0) is 22.4. The van der Waals surface area contributed by atoms with Crippen LogP contribution >= 0.6 is 0 Å². The number of hydrogen-bond donors (Lipinski definition) is 0. The van der Waals surface area contributed by atoms with Gasteiger partial charge >= 0.3 is 5.97 Å². The van der Waals surface area contributed by atoms with Crippen LogP contribution < -0.4 is 4.90 Å². The highest BCUT2D eigenvalue weighted by Crippen LogP contribution is 2.32. The Kier molecular flexibility index (Phi) is 7.36. The van der Waals surface area contributed by atoms with E-state index in [9.17, 15) is 18.8 Å². The van der Waals surface area contributed by atoms with E-state index in [0.717, 1.165) is 5.56 Å². The molecule has 0 spiro atoms. The molecule has 1 aliphatic rings. The molecule has 8 heteroatoms. The van der Waals surface area contributed by atoms with Crippen LogP contribution in [-0.4, -0.2) is 56.0 Å². The molecule has 0 bridgehead atoms. The lowest BCUT2D eigenvalue weighted by molar-refractivity contribution is -0.142. The summed E-state index contributed by atoms with van der Waals surface area (Å²) in [5.74, 6) is -1.82. The smallest absolute Gasteiger partial charge is 0.326 e. The molecule has 0 aromatic heterocycles. The molecule has 3 rings (SSSR count). The highest BCUT2D eigenvalue weighted by atomic mass is 19.1. The number of ether oxygens (including phenoxy) is 2. The second-order valence-electron chi connectivity index (χ2n) is 7.09. The average molecular weight is 428 g/mol. The van der Waals surface area contributed by atoms with Gasteiger partial charge in [0.25, 0.3) is 5.91 Å². The number of nitrogens with zero attached hydrogens (tertiary/aromatic N) is 2. The topological polar surface area (TPSA) is 76.2 Å². The van der Waals surface area contributed by atoms with Crippen LogP contribution in [-0.2, 0) is 19.1 Å². The summed E-state index contributed by atoms with van der Waals surface area (Å²) in [7, 11) is 1.56. The third-order valence-corrected chi connectivity index (χ3v) is 5.12. The van der Waals surface area contributed by atoms with Crippen LogP contribution in [0.3, 0.4) is 0 Å². The number of anilines is 1. The van der Waals surface area contributed by atoms with Crippen LogP contribution in [0.15, 0.2) is 48.5 Å². The number of benzene rings is 2. The fourth-order valence-electron chi connectivity index (χ4n) is 3.60. The molecule has 0 N–H and O–H groups in total. The van der Waals surface area contributed by atoms with E-state index in [4.69, 9.17) is 9.47 Å². The van der Waals surface area contributed by atoms with E-state index >= 15 is 0 Å². The van der Waals surface area contributed by atoms with Gasteiger partial charge in [-0.25, -0.2) is 4.39 Å². The number of carbonyl (C=O) groups excluding carboxylic acids is 3. The molecule has 2 aromatic carbocycles. The minimum absolute atomic E-state index is 0.193. The van der Waals surface area contributed by atoms with Crippen molar-refractivity contribution in [2.24, 2.45) is 0 Å². The van der Waals surface area contributed by atoms with E-state index in [1.165, 1.54) is 34.1 Å². The Morgan fingerprint density at radius 1 is 1.13 bits per heavy atom. The first kappa shape index (κ1) is 22.4. The standard InChI is InChI=1S/C23H25FN2O5/c1-3-31-22(28)15-26-19-7-5-4-6-18(19)20(30-2)12-13-25(14-21(26)27)23(29)16-8-10-17(24)11-9-16/h4-11,20H,3,12-15H2,1-2H3. The van der Waals surface area contributed by atoms with E-state index in [-0.39, 0.29) is 31.8 Å². The molecule has 0 radical (unpaired) electrons. The predicted octanol–water partition coefficient (Wildman–Crippen LogP) is 2.96. The molecule has 31 heavy (non-hydrogen) atoms. The van der Waals surface area contributed by atoms with E-state index < -0.39 is 29.7 Å². The molecule has 1 atom stereocenters. The fourth-order valence-corrected chi connectivity index (χ4v) is 3.60. The van der Waals surface area contributed by atoms with Crippen molar-refractivity contribution in [1.82, 2.24) is 4.90 Å². The number of hydrogen-bond acceptors (Lipinski definition) is 5. The highest BCUT2D eigenvalue weighted by Gasteiger charge is 2.31. The van der Waals surface area contributed by atoms with Crippen LogP contribution in [0.1, 0.15) is 35.4 Å². The Morgan fingerprint density at radius 2 is 1.84 bits per heavy atom. The molecule has 1 heterocycles. The van der Waals surface area contributed by atoms with Gasteiger partial charge in [-0.05, 0) is 43.7 Å². The molecule has 1 unspecified atom stereocenters. The van der Waals surface area contributed by atoms with Crippen molar-refractivity contribution in [3.05, 3.63) is 65.5 Å². The normalized spacial score (nSPS) is 16.7. The summed E-state index contributed by atoms with van der Waals surface area (Å²) in [5.41, 5.74) is 1.57. The molecule has 1 aliphatic heterocycles. The molecule has 2 amide bonds. The van der Waals surface area contributed by atoms with E-state index in [1.807, 2.05) is 12.1 Å². The van der Waals surface area contributed by atoms with Gasteiger partial charge in [0.1, 0.15) is 18.9 Å². The largest absolute Gasteiger partial charge is 0.465 e. The maximum absolute atomic E-state index is 13.3. The Bertz CT molecular complexity index is 947. The molecule has 0 saturated carbocycles. The number of halogens is 1. The SMILES string of the molecule is CCOC(=O)CN1C(=O)CN(C(=O)c2ccc(F)cc2)CCC(OC)c2ccccc21. The first-order valence-electron chi connectivity index (χ1n) is 10.1. The van der Waals surface area contributed by atoms with Gasteiger partial charge < -0.3 is 14.4 Å². The maximum Gasteiger partial charge on any atom is 0.326 e. The van der Waals surface area contributed by atoms with E-state index in [0.29, 0.717) is 12.1 Å². The lowest BCUT2D eigenvalue weighted by atomic mass is 10.0. The minimum atomic E-state index is -0.546. The summed E-state index contributed by atoms with van der Waals surface area (Å²) >= 11 is 0. The molecule has 0 saturated heterocycles. The van der Waals surface area contributed by atoms with Crippen molar-refractivity contribution in [3.8, 4) is 0 Å². The molecule has 164 valence electrons. The van der Waals surface area contributed by atoms with Gasteiger partial charge in [0.2, 0.25) is 5.91 Å². The zero-order valence-electron chi connectivity index (χ0n) is 17.5. The van der Waals surface area contributed by atoms with E-state index in [1.54, 1.807) is 26.2 Å². The van der Waals surface area contributed by atoms with Crippen LogP contribution in [0.4, 0.5) is 10.1 Å². The third kappa shape index (κ3) is 5.27. The summed E-state index contributed by atoms with van der Waals surface area (Å²) in [6.45, 7) is 1.62. The number of fused-ring (bicyclic) bond motifs is 1. The number of rotatable bonds is 5. The minimum Gasteiger partial charge on any atom is -0.465 e. The third-order valence-electron chi connectivity index (χ3n) is 5.12. The van der Waals surface area contributed by atoms with Crippen molar-refractivity contribution in [1.29, 1.82) is 0 Å². The molecule has 7 nitrogen and oxygen atoms in total. The first-order valence-corrected chi connectivity index (χ1v) is 10.1. The van der Waals surface area contributed by atoms with Crippen molar-refractivity contribution >= 4 is 23.5 Å². The fraction of sp³-hybridized carbons (Fsp3) is 0.348. The van der Waals surface area contributed by atoms with Crippen molar-refractivity contribution < 1.29 is 28.2 Å². The Morgan fingerprint density at radius 3 is 2.52 bits per heavy atom. The van der Waals surface area contributed by atoms with Gasteiger partial charge in [-0.1, -0.05) is 18.2 Å². The van der Waals surface area contributed by atoms with Crippen molar-refractivity contribution in [2.45, 2.75) is 19.4 Å². The number of carbonyl (C=O) groups is 3. The lowest BCUT2D eigenvalue weighted by Crippen LogP contribution is -2.45. The Balaban J connectivity index is 1.97. The van der Waals surface area contributed by atoms with Crippen LogP contribution in [0.5, 0.6) is 0 Å². The molecular weight excluding hydrogens is 403 g/mol. The van der Waals surface area contributed by atoms with Crippen molar-refractivity contribution in [3.63, 3.8) is 0 Å². The van der Waals surface area contributed by atoms with Crippen LogP contribution in [0.2, 0.25) is 0 Å². The van der Waals surface area contributed by atoms with Gasteiger partial charge in [0.05, 0.1) is 18.4 Å². The molecule has 2 aromatic rings. The number of amides is 2. The zero-order valence-corrected chi connectivity index (χ0v) is 17.5. The van der Waals surface area contributed by atoms with Gasteiger partial charge in [0.15, 0.2) is 0 Å². The molecule has 0 aliphatic carbocycles. The number of para-hydroxylation sites is 1. The van der Waals surface area contributed by atoms with Crippen molar-refractivity contribution in [2.75, 3.05) is 38.3 Å². The quantitative estimate of drug-likeness (QED) is 0.685. The average Bonchev–Trinajstić information content (AvgIpc) is 2.82. The molecule has 0 fully saturated rings. The van der Waals surface area contributed by atoms with Gasteiger partial charge in [-0.2, -0.15) is 0 Å². The summed E-state index contributed by atoms with van der Waals surface area (Å²) in [4.78, 5) is 41.2. The second kappa shape index (κ2) is 10.2. The number of esters is 1. The lowest BCUT2D eigenvalue weighted by Gasteiger charge is -2.26. The van der Waals surface area contributed by atoms with Crippen LogP contribution in [0.25, 0.3) is 0 Å². The highest BCUT2D eigenvalue weighted by molar-refractivity contribution is 6.03. The first-order chi connectivity index (χ1) is 14.9. The summed E-state index contributed by atoms with van der Waals surface area (Å²) in [6.07, 6.45) is 0.0522. The molecular formula is C23H25FN2O5. The predicted molar refractivity (Wildman–Crippen MR) is 112 cm³/mol. The summed E-state index contributed by atoms with van der Waals surface area (Å²) < 4.78 is 24.0. The summed E-state index contributed by atoms with van der Waals surface area (Å²) in [6, 6.07) is 12.4. The Hall–Kier alpha value is -3.26. The maximum atomic E-state index is 13.3. The monoisotopic (exact) mass is 428 g/mol.